The molecule has 0 saturated carbocycles. The number of amides is 2. The number of nitrogens with zero attached hydrogens (tertiary/aromatic N) is 4. The van der Waals surface area contributed by atoms with E-state index < -0.39 is 5.92 Å². The fraction of sp³-hybridized carbons (Fsp3) is 0.394. The smallest absolute Gasteiger partial charge is 0.234 e. The van der Waals surface area contributed by atoms with Gasteiger partial charge in [-0.1, -0.05) is 55.8 Å². The van der Waals surface area contributed by atoms with Crippen LogP contribution in [0.4, 0.5) is 4.39 Å². The summed E-state index contributed by atoms with van der Waals surface area (Å²) in [6, 6.07) is 17.8. The highest BCUT2D eigenvalue weighted by Crippen LogP contribution is 2.34. The average Bonchev–Trinajstić information content (AvgIpc) is 3.39. The van der Waals surface area contributed by atoms with Crippen LogP contribution in [0.2, 0.25) is 0 Å². The number of carbonyl (C=O) groups is 2. The first-order valence-corrected chi connectivity index (χ1v) is 14.5. The lowest BCUT2D eigenvalue weighted by molar-refractivity contribution is -0.134. The molecule has 2 fully saturated rings. The minimum atomic E-state index is -0.470. The fourth-order valence-electron chi connectivity index (χ4n) is 5.44. The Labute approximate surface area is 241 Å². The predicted molar refractivity (Wildman–Crippen MR) is 160 cm³/mol. The van der Waals surface area contributed by atoms with Gasteiger partial charge >= 0.3 is 0 Å². The number of rotatable bonds is 4. The fourth-order valence-corrected chi connectivity index (χ4v) is 5.44. The van der Waals surface area contributed by atoms with Gasteiger partial charge in [-0.25, -0.2) is 4.39 Å². The van der Waals surface area contributed by atoms with E-state index >= 15 is 4.39 Å². The number of piperidine rings is 2. The van der Waals surface area contributed by atoms with E-state index in [1.165, 1.54) is 11.3 Å². The molecule has 2 aliphatic rings. The Hall–Kier alpha value is -3.91. The summed E-state index contributed by atoms with van der Waals surface area (Å²) in [6.07, 6.45) is 5.92. The second-order valence-electron chi connectivity index (χ2n) is 10.5. The lowest BCUT2D eigenvalue weighted by Gasteiger charge is -2.32. The van der Waals surface area contributed by atoms with Crippen LogP contribution in [0.15, 0.2) is 67.0 Å². The molecule has 2 aliphatic heterocycles. The Morgan fingerprint density at radius 1 is 1.00 bits per heavy atom. The van der Waals surface area contributed by atoms with Gasteiger partial charge in [-0.2, -0.15) is 5.10 Å². The van der Waals surface area contributed by atoms with E-state index in [1.807, 2.05) is 68.2 Å². The largest absolute Gasteiger partial charge is 0.297 e. The van der Waals surface area contributed by atoms with Crippen molar-refractivity contribution in [1.29, 1.82) is 0 Å². The quantitative estimate of drug-likeness (QED) is 0.310. The van der Waals surface area contributed by atoms with Crippen LogP contribution >= 0.6 is 0 Å². The van der Waals surface area contributed by atoms with Gasteiger partial charge in [-0.05, 0) is 74.5 Å². The summed E-state index contributed by atoms with van der Waals surface area (Å²) >= 11 is 0. The molecular formula is C33H40FN5O2. The highest BCUT2D eigenvalue weighted by atomic mass is 19.1. The number of likely N-dealkylation sites (tertiary alicyclic amines) is 1. The number of hydrogen-bond donors (Lipinski definition) is 1. The third-order valence-corrected chi connectivity index (χ3v) is 7.77. The van der Waals surface area contributed by atoms with Gasteiger partial charge in [0, 0.05) is 37.8 Å². The van der Waals surface area contributed by atoms with Crippen LogP contribution in [0.3, 0.4) is 0 Å². The van der Waals surface area contributed by atoms with E-state index in [1.54, 1.807) is 12.3 Å². The molecule has 6 rings (SSSR count). The zero-order chi connectivity index (χ0) is 29.4. The number of nitrogens with one attached hydrogen (secondary N) is 1. The topological polar surface area (TPSA) is 80.1 Å². The average molecular weight is 558 g/mol. The lowest BCUT2D eigenvalue weighted by Crippen LogP contribution is -2.39. The highest BCUT2D eigenvalue weighted by Gasteiger charge is 2.29. The second kappa shape index (κ2) is 14.1. The van der Waals surface area contributed by atoms with Crippen LogP contribution in [0, 0.1) is 12.7 Å². The van der Waals surface area contributed by atoms with E-state index in [2.05, 4.69) is 39.4 Å². The lowest BCUT2D eigenvalue weighted by atomic mass is 9.87. The third kappa shape index (κ3) is 7.44. The van der Waals surface area contributed by atoms with Crippen LogP contribution in [-0.4, -0.2) is 44.6 Å². The van der Waals surface area contributed by atoms with Crippen molar-refractivity contribution in [3.05, 3.63) is 95.2 Å². The summed E-state index contributed by atoms with van der Waals surface area (Å²) in [5.74, 6) is -1.15. The van der Waals surface area contributed by atoms with Crippen molar-refractivity contribution in [3.63, 3.8) is 0 Å². The van der Waals surface area contributed by atoms with Crippen molar-refractivity contribution in [2.75, 3.05) is 13.1 Å². The molecule has 1 N–H and O–H groups in total. The molecule has 4 heterocycles. The maximum absolute atomic E-state index is 15.6. The molecule has 4 aromatic rings. The van der Waals surface area contributed by atoms with Crippen molar-refractivity contribution >= 4 is 22.7 Å². The molecule has 2 aromatic heterocycles. The molecule has 1 unspecified atom stereocenters. The monoisotopic (exact) mass is 557 g/mol. The van der Waals surface area contributed by atoms with Gasteiger partial charge in [0.05, 0.1) is 17.1 Å². The summed E-state index contributed by atoms with van der Waals surface area (Å²) in [6.45, 7) is 8.74. The normalized spacial score (nSPS) is 17.7. The number of halogens is 1. The van der Waals surface area contributed by atoms with Crippen LogP contribution < -0.4 is 5.32 Å². The zero-order valence-electron chi connectivity index (χ0n) is 24.4. The Balaban J connectivity index is 0.000000372. The molecule has 1 atom stereocenters. The number of benzene rings is 2. The van der Waals surface area contributed by atoms with Gasteiger partial charge < -0.3 is 0 Å². The molecule has 216 valence electrons. The highest BCUT2D eigenvalue weighted by molar-refractivity contribution is 6.01. The maximum Gasteiger partial charge on any atom is 0.234 e. The Morgan fingerprint density at radius 2 is 1.73 bits per heavy atom. The first-order chi connectivity index (χ1) is 19.9. The van der Waals surface area contributed by atoms with Crippen molar-refractivity contribution in [1.82, 2.24) is 25.0 Å². The molecule has 0 aliphatic carbocycles. The van der Waals surface area contributed by atoms with Crippen molar-refractivity contribution in [3.8, 4) is 0 Å². The molecule has 0 radical (unpaired) electrons. The van der Waals surface area contributed by atoms with Crippen LogP contribution in [-0.2, 0) is 23.2 Å². The van der Waals surface area contributed by atoms with E-state index in [0.717, 1.165) is 38.0 Å². The number of fused-ring (bicyclic) bond motifs is 1. The first-order valence-electron chi connectivity index (χ1n) is 14.5. The van der Waals surface area contributed by atoms with Crippen molar-refractivity contribution in [2.45, 2.75) is 64.8 Å². The van der Waals surface area contributed by atoms with Gasteiger partial charge in [-0.15, -0.1) is 0 Å². The van der Waals surface area contributed by atoms with Gasteiger partial charge in [0.1, 0.15) is 5.82 Å². The molecule has 7 nitrogen and oxygen atoms in total. The summed E-state index contributed by atoms with van der Waals surface area (Å²) in [7, 11) is 1.95. The molecule has 0 bridgehead atoms. The number of aryl methyl sites for hydroxylation is 2. The maximum atomic E-state index is 15.6. The third-order valence-electron chi connectivity index (χ3n) is 7.77. The van der Waals surface area contributed by atoms with Gasteiger partial charge in [0.25, 0.3) is 0 Å². The summed E-state index contributed by atoms with van der Waals surface area (Å²) in [5, 5.41) is 7.04. The molecule has 2 saturated heterocycles. The molecule has 2 amide bonds. The van der Waals surface area contributed by atoms with Crippen LogP contribution in [0.1, 0.15) is 73.8 Å². The number of hydrogen-bond acceptors (Lipinski definition) is 5. The van der Waals surface area contributed by atoms with Crippen molar-refractivity contribution in [2.24, 2.45) is 7.05 Å². The Bertz CT molecular complexity index is 1460. The van der Waals surface area contributed by atoms with E-state index in [9.17, 15) is 9.59 Å². The molecule has 41 heavy (non-hydrogen) atoms. The SMILES string of the molecule is CC.Cc1ccccc1.Cn1nccc1CN1CCC(c2ccc3ncc(C4CCC(=O)NC4=O)cc3c2F)CC1. The van der Waals surface area contributed by atoms with E-state index in [-0.39, 0.29) is 30.0 Å². The standard InChI is InChI=1S/C24H26FN5O2.C7H8.C2H6/c1-29-17(6-9-27-29)14-30-10-7-15(8-11-30)18-2-4-21-20(23(18)25)12-16(13-26-21)19-3-5-22(31)28-24(19)32;1-7-5-3-2-4-6-7;1-2/h2,4,6,9,12-13,15,19H,3,5,7-8,10-11,14H2,1H3,(H,28,31,32);2-6H,1H3;1-2H3. The minimum absolute atomic E-state index is 0.154. The Kier molecular flexibility index (Phi) is 10.4. The number of aromatic nitrogens is 3. The first kappa shape index (κ1) is 30.1. The van der Waals surface area contributed by atoms with E-state index in [4.69, 9.17) is 0 Å². The summed E-state index contributed by atoms with van der Waals surface area (Å²) in [5.41, 5.74) is 4.45. The molecular weight excluding hydrogens is 517 g/mol. The zero-order valence-corrected chi connectivity index (χ0v) is 24.4. The second-order valence-corrected chi connectivity index (χ2v) is 10.5. The number of imide groups is 1. The molecule has 0 spiro atoms. The minimum Gasteiger partial charge on any atom is -0.297 e. The van der Waals surface area contributed by atoms with Crippen LogP contribution in [0.25, 0.3) is 10.9 Å². The van der Waals surface area contributed by atoms with Gasteiger partial charge in [0.2, 0.25) is 11.8 Å². The summed E-state index contributed by atoms with van der Waals surface area (Å²) in [4.78, 5) is 30.5. The molecule has 8 heteroatoms. The van der Waals surface area contributed by atoms with Crippen LogP contribution in [0.5, 0.6) is 0 Å². The number of carbonyl (C=O) groups excluding carboxylic acids is 2. The van der Waals surface area contributed by atoms with Crippen molar-refractivity contribution < 1.29 is 14.0 Å². The Morgan fingerprint density at radius 3 is 2.34 bits per heavy atom. The number of pyridine rings is 1. The predicted octanol–water partition coefficient (Wildman–Crippen LogP) is 6.03. The van der Waals surface area contributed by atoms with Gasteiger partial charge in [0.15, 0.2) is 0 Å². The summed E-state index contributed by atoms with van der Waals surface area (Å²) < 4.78 is 17.5. The van der Waals surface area contributed by atoms with Gasteiger partial charge in [-0.3, -0.25) is 29.5 Å². The molecule has 2 aromatic carbocycles. The van der Waals surface area contributed by atoms with E-state index in [0.29, 0.717) is 22.9 Å².